The third-order valence-electron chi connectivity index (χ3n) is 4.85. The number of nitrogens with zero attached hydrogens (tertiary/aromatic N) is 1. The second-order valence-electron chi connectivity index (χ2n) is 9.26. The molecule has 186 valence electrons. The van der Waals surface area contributed by atoms with Gasteiger partial charge in [-0.15, -0.1) is 0 Å². The number of carbonyl (C=O) groups excluding carboxylic acids is 4. The summed E-state index contributed by atoms with van der Waals surface area (Å²) in [6.07, 6.45) is 4.95. The standard InChI is InChI=1S/C25H35N3O6/c1-10-28(23(31)20(15(2)3)27-24(32)34-25(6,7)8)21(22(30)26-14-19(29)33-9)18-13-16(4)11-12-17(18)5/h1,11-13,15,20-21H,14H2,2-9H3,(H,26,30)(H,27,32). The highest BCUT2D eigenvalue weighted by molar-refractivity contribution is 5.94. The topological polar surface area (TPSA) is 114 Å². The van der Waals surface area contributed by atoms with Crippen LogP contribution in [0.25, 0.3) is 0 Å². The molecule has 1 rings (SSSR count). The molecule has 0 bridgehead atoms. The second kappa shape index (κ2) is 12.1. The maximum atomic E-state index is 13.6. The van der Waals surface area contributed by atoms with Crippen molar-refractivity contribution in [1.29, 1.82) is 0 Å². The molecule has 1 aromatic rings. The number of carbonyl (C=O) groups is 4. The molecule has 0 fully saturated rings. The fraction of sp³-hybridized carbons (Fsp3) is 0.520. The number of alkyl carbamates (subject to hydrolysis) is 1. The van der Waals surface area contributed by atoms with Crippen LogP contribution in [-0.4, -0.2) is 54.1 Å². The third-order valence-corrected chi connectivity index (χ3v) is 4.85. The van der Waals surface area contributed by atoms with Crippen molar-refractivity contribution in [1.82, 2.24) is 15.5 Å². The average Bonchev–Trinajstić information content (AvgIpc) is 2.73. The van der Waals surface area contributed by atoms with E-state index in [-0.39, 0.29) is 5.92 Å². The molecule has 0 radical (unpaired) electrons. The lowest BCUT2D eigenvalue weighted by Gasteiger charge is -2.32. The molecule has 1 aromatic carbocycles. The van der Waals surface area contributed by atoms with E-state index in [2.05, 4.69) is 21.4 Å². The third kappa shape index (κ3) is 8.10. The SMILES string of the molecule is C#CN(C(=O)C(NC(=O)OC(C)(C)C)C(C)C)C(C(=O)NCC(=O)OC)c1cc(C)ccc1C. The van der Waals surface area contributed by atoms with Gasteiger partial charge in [-0.3, -0.25) is 19.3 Å². The van der Waals surface area contributed by atoms with Gasteiger partial charge in [0.1, 0.15) is 24.2 Å². The Labute approximate surface area is 201 Å². The van der Waals surface area contributed by atoms with E-state index in [0.717, 1.165) is 16.0 Å². The number of benzene rings is 1. The van der Waals surface area contributed by atoms with E-state index in [0.29, 0.717) is 5.56 Å². The van der Waals surface area contributed by atoms with Crippen LogP contribution in [0.15, 0.2) is 18.2 Å². The number of esters is 1. The molecule has 0 aliphatic heterocycles. The fourth-order valence-electron chi connectivity index (χ4n) is 3.14. The summed E-state index contributed by atoms with van der Waals surface area (Å²) in [5.41, 5.74) is 1.30. The van der Waals surface area contributed by atoms with Crippen molar-refractivity contribution in [2.75, 3.05) is 13.7 Å². The molecule has 0 saturated carbocycles. The highest BCUT2D eigenvalue weighted by Crippen LogP contribution is 2.27. The number of nitrogens with one attached hydrogen (secondary N) is 2. The molecule has 0 spiro atoms. The highest BCUT2D eigenvalue weighted by Gasteiger charge is 2.37. The summed E-state index contributed by atoms with van der Waals surface area (Å²) < 4.78 is 9.86. The van der Waals surface area contributed by atoms with E-state index >= 15 is 0 Å². The molecule has 2 N–H and O–H groups in total. The van der Waals surface area contributed by atoms with Crippen LogP contribution in [-0.2, 0) is 23.9 Å². The summed E-state index contributed by atoms with van der Waals surface area (Å²) in [5, 5.41) is 5.04. The van der Waals surface area contributed by atoms with Crippen LogP contribution in [0.4, 0.5) is 4.79 Å². The molecule has 34 heavy (non-hydrogen) atoms. The number of hydrogen-bond acceptors (Lipinski definition) is 6. The van der Waals surface area contributed by atoms with E-state index in [9.17, 15) is 19.2 Å². The van der Waals surface area contributed by atoms with Crippen LogP contribution in [0.2, 0.25) is 0 Å². The molecular weight excluding hydrogens is 438 g/mol. The van der Waals surface area contributed by atoms with Crippen molar-refractivity contribution >= 4 is 23.9 Å². The van der Waals surface area contributed by atoms with Crippen LogP contribution in [0.1, 0.15) is 57.4 Å². The van der Waals surface area contributed by atoms with Crippen LogP contribution in [0.3, 0.4) is 0 Å². The molecule has 0 saturated heterocycles. The van der Waals surface area contributed by atoms with Gasteiger partial charge >= 0.3 is 12.1 Å². The Bertz CT molecular complexity index is 958. The zero-order chi connectivity index (χ0) is 26.2. The number of aryl methyl sites for hydroxylation is 2. The number of amides is 3. The molecule has 2 unspecified atom stereocenters. The van der Waals surface area contributed by atoms with Crippen molar-refractivity contribution < 1.29 is 28.7 Å². The Hall–Kier alpha value is -3.54. The Morgan fingerprint density at radius 2 is 1.76 bits per heavy atom. The largest absolute Gasteiger partial charge is 0.468 e. The summed E-state index contributed by atoms with van der Waals surface area (Å²) in [6.45, 7) is 11.8. The number of terminal acetylenes is 1. The molecule has 0 aliphatic rings. The molecule has 9 nitrogen and oxygen atoms in total. The minimum atomic E-state index is -1.25. The van der Waals surface area contributed by atoms with Crippen molar-refractivity contribution in [2.24, 2.45) is 5.92 Å². The summed E-state index contributed by atoms with van der Waals surface area (Å²) in [4.78, 5) is 51.7. The first-order chi connectivity index (χ1) is 15.7. The average molecular weight is 474 g/mol. The second-order valence-corrected chi connectivity index (χ2v) is 9.26. The van der Waals surface area contributed by atoms with Gasteiger partial charge in [0.15, 0.2) is 0 Å². The molecule has 9 heteroatoms. The first-order valence-corrected chi connectivity index (χ1v) is 10.9. The lowest BCUT2D eigenvalue weighted by molar-refractivity contribution is -0.143. The number of hydrogen-bond donors (Lipinski definition) is 2. The maximum absolute atomic E-state index is 13.6. The van der Waals surface area contributed by atoms with Gasteiger partial charge in [0.05, 0.1) is 7.11 Å². The molecule has 0 aromatic heterocycles. The highest BCUT2D eigenvalue weighted by atomic mass is 16.6. The van der Waals surface area contributed by atoms with E-state index in [1.165, 1.54) is 7.11 Å². The molecule has 3 amide bonds. The van der Waals surface area contributed by atoms with Gasteiger partial charge in [0, 0.05) is 6.04 Å². The monoisotopic (exact) mass is 473 g/mol. The quantitative estimate of drug-likeness (QED) is 0.341. The number of methoxy groups -OCH3 is 1. The van der Waals surface area contributed by atoms with Crippen molar-refractivity contribution in [3.05, 3.63) is 34.9 Å². The number of rotatable bonds is 8. The van der Waals surface area contributed by atoms with Crippen LogP contribution in [0.5, 0.6) is 0 Å². The zero-order valence-corrected chi connectivity index (χ0v) is 21.1. The van der Waals surface area contributed by atoms with Gasteiger partial charge in [-0.05, 0) is 51.7 Å². The van der Waals surface area contributed by atoms with Gasteiger partial charge in [-0.2, -0.15) is 0 Å². The van der Waals surface area contributed by atoms with Crippen molar-refractivity contribution in [3.63, 3.8) is 0 Å². The molecular formula is C25H35N3O6. The first kappa shape index (κ1) is 28.5. The lowest BCUT2D eigenvalue weighted by atomic mass is 9.95. The van der Waals surface area contributed by atoms with Gasteiger partial charge < -0.3 is 20.1 Å². The fourth-order valence-corrected chi connectivity index (χ4v) is 3.14. The normalized spacial score (nSPS) is 12.7. The van der Waals surface area contributed by atoms with Gasteiger partial charge in [0.25, 0.3) is 5.91 Å². The van der Waals surface area contributed by atoms with E-state index in [1.54, 1.807) is 47.6 Å². The van der Waals surface area contributed by atoms with E-state index < -0.39 is 48.1 Å². The summed E-state index contributed by atoms with van der Waals surface area (Å²) in [7, 11) is 1.20. The number of ether oxygens (including phenoxy) is 2. The minimum absolute atomic E-state index is 0.367. The Balaban J connectivity index is 3.42. The van der Waals surface area contributed by atoms with Crippen molar-refractivity contribution in [3.8, 4) is 12.5 Å². The Morgan fingerprint density at radius 3 is 2.26 bits per heavy atom. The first-order valence-electron chi connectivity index (χ1n) is 10.9. The van der Waals surface area contributed by atoms with Crippen LogP contribution in [0, 0.1) is 32.2 Å². The summed E-state index contributed by atoms with van der Waals surface area (Å²) in [6, 6.07) is 5.42. The maximum Gasteiger partial charge on any atom is 0.408 e. The molecule has 2 atom stereocenters. The van der Waals surface area contributed by atoms with Gasteiger partial charge in [-0.25, -0.2) is 4.79 Å². The Morgan fingerprint density at radius 1 is 1.15 bits per heavy atom. The lowest BCUT2D eigenvalue weighted by Crippen LogP contribution is -2.53. The van der Waals surface area contributed by atoms with Crippen molar-refractivity contribution in [2.45, 2.75) is 66.2 Å². The van der Waals surface area contributed by atoms with Crippen LogP contribution >= 0.6 is 0 Å². The van der Waals surface area contributed by atoms with Crippen LogP contribution < -0.4 is 10.6 Å². The molecule has 0 aliphatic carbocycles. The molecule has 0 heterocycles. The predicted molar refractivity (Wildman–Crippen MR) is 127 cm³/mol. The predicted octanol–water partition coefficient (Wildman–Crippen LogP) is 2.60. The van der Waals surface area contributed by atoms with E-state index in [1.807, 2.05) is 19.1 Å². The van der Waals surface area contributed by atoms with E-state index in [4.69, 9.17) is 11.2 Å². The summed E-state index contributed by atoms with van der Waals surface area (Å²) in [5.74, 6) is -2.35. The zero-order valence-electron chi connectivity index (χ0n) is 21.1. The Kier molecular flexibility index (Phi) is 10.1. The van der Waals surface area contributed by atoms with Gasteiger partial charge in [0.2, 0.25) is 5.91 Å². The minimum Gasteiger partial charge on any atom is -0.468 e. The summed E-state index contributed by atoms with van der Waals surface area (Å²) >= 11 is 0. The van der Waals surface area contributed by atoms with Gasteiger partial charge in [-0.1, -0.05) is 44.0 Å². The smallest absolute Gasteiger partial charge is 0.408 e.